The molecule has 0 bridgehead atoms. The van der Waals surface area contributed by atoms with E-state index in [0.717, 1.165) is 5.56 Å². The summed E-state index contributed by atoms with van der Waals surface area (Å²) in [5.74, 6) is -0.697. The predicted octanol–water partition coefficient (Wildman–Crippen LogP) is 3.67. The van der Waals surface area contributed by atoms with Gasteiger partial charge in [0.05, 0.1) is 0 Å². The average Bonchev–Trinajstić information content (AvgIpc) is 2.54. The largest absolute Gasteiger partial charge is 0.288 e. The summed E-state index contributed by atoms with van der Waals surface area (Å²) in [6, 6.07) is 11.6. The van der Waals surface area contributed by atoms with Crippen LogP contribution in [0, 0.1) is 5.82 Å². The van der Waals surface area contributed by atoms with Crippen LogP contribution in [0.2, 0.25) is 0 Å². The van der Waals surface area contributed by atoms with E-state index in [1.807, 2.05) is 0 Å². The van der Waals surface area contributed by atoms with Crippen LogP contribution in [0.3, 0.4) is 0 Å². The molecule has 0 unspecified atom stereocenters. The van der Waals surface area contributed by atoms with Gasteiger partial charge in [-0.1, -0.05) is 24.3 Å². The minimum Gasteiger partial charge on any atom is -0.288 e. The lowest BCUT2D eigenvalue weighted by atomic mass is 10.1. The molecule has 3 nitrogen and oxygen atoms in total. The van der Waals surface area contributed by atoms with Crippen LogP contribution in [0.15, 0.2) is 60.9 Å². The lowest BCUT2D eigenvalue weighted by Crippen LogP contribution is -1.99. The Bertz CT molecular complexity index is 829. The number of hydrogen-bond donors (Lipinski definition) is 0. The summed E-state index contributed by atoms with van der Waals surface area (Å²) in [5, 5.41) is 0.671. The zero-order chi connectivity index (χ0) is 14.7. The van der Waals surface area contributed by atoms with Gasteiger partial charge in [0.25, 0.3) is 0 Å². The summed E-state index contributed by atoms with van der Waals surface area (Å²) < 4.78 is 13.7. The molecule has 21 heavy (non-hydrogen) atoms. The van der Waals surface area contributed by atoms with E-state index in [0.29, 0.717) is 5.39 Å². The van der Waals surface area contributed by atoms with Crippen LogP contribution in [-0.4, -0.2) is 15.8 Å². The average molecular weight is 278 g/mol. The fourth-order valence-electron chi connectivity index (χ4n) is 1.98. The normalized spacial score (nSPS) is 11.1. The molecule has 0 radical (unpaired) electrons. The number of ketones is 1. The van der Waals surface area contributed by atoms with Crippen molar-refractivity contribution in [3.63, 3.8) is 0 Å². The van der Waals surface area contributed by atoms with Crippen LogP contribution in [0.5, 0.6) is 0 Å². The summed E-state index contributed by atoms with van der Waals surface area (Å²) in [4.78, 5) is 20.1. The van der Waals surface area contributed by atoms with E-state index in [4.69, 9.17) is 0 Å². The Labute approximate surface area is 120 Å². The molecule has 0 atom stereocenters. The van der Waals surface area contributed by atoms with Gasteiger partial charge in [-0.3, -0.25) is 9.78 Å². The van der Waals surface area contributed by atoms with E-state index in [9.17, 15) is 9.18 Å². The first-order chi connectivity index (χ1) is 10.2. The quantitative estimate of drug-likeness (QED) is 0.542. The van der Waals surface area contributed by atoms with Crippen LogP contribution in [0.4, 0.5) is 4.39 Å². The minimum absolute atomic E-state index is 0.209. The molecule has 4 heteroatoms. The maximum absolute atomic E-state index is 13.7. The molecule has 102 valence electrons. The molecule has 1 aromatic carbocycles. The second-order valence-corrected chi connectivity index (χ2v) is 4.49. The van der Waals surface area contributed by atoms with Gasteiger partial charge in [0, 0.05) is 17.8 Å². The molecule has 0 saturated heterocycles. The second kappa shape index (κ2) is 5.63. The molecule has 0 aliphatic carbocycles. The number of halogens is 1. The summed E-state index contributed by atoms with van der Waals surface area (Å²) in [6.45, 7) is 0. The Kier molecular flexibility index (Phi) is 3.51. The SMILES string of the molecule is O=C(C=Cc1ccncc1)c1ccc2cccc(F)c2n1. The summed E-state index contributed by atoms with van der Waals surface area (Å²) in [5.41, 5.74) is 1.30. The zero-order valence-corrected chi connectivity index (χ0v) is 11.0. The van der Waals surface area contributed by atoms with Crippen molar-refractivity contribution in [2.75, 3.05) is 0 Å². The number of benzene rings is 1. The van der Waals surface area contributed by atoms with Gasteiger partial charge in [-0.2, -0.15) is 0 Å². The Balaban J connectivity index is 1.91. The molecule has 0 N–H and O–H groups in total. The monoisotopic (exact) mass is 278 g/mol. The predicted molar refractivity (Wildman–Crippen MR) is 79.3 cm³/mol. The first-order valence-corrected chi connectivity index (χ1v) is 6.42. The van der Waals surface area contributed by atoms with Crippen molar-refractivity contribution in [3.05, 3.63) is 78.0 Å². The van der Waals surface area contributed by atoms with E-state index in [-0.39, 0.29) is 17.0 Å². The number of carbonyl (C=O) groups is 1. The zero-order valence-electron chi connectivity index (χ0n) is 11.0. The maximum atomic E-state index is 13.7. The number of nitrogens with zero attached hydrogens (tertiary/aromatic N) is 2. The minimum atomic E-state index is -0.430. The van der Waals surface area contributed by atoms with Gasteiger partial charge in [0.1, 0.15) is 17.0 Å². The maximum Gasteiger partial charge on any atom is 0.204 e. The van der Waals surface area contributed by atoms with Gasteiger partial charge in [-0.05, 0) is 35.9 Å². The summed E-state index contributed by atoms with van der Waals surface area (Å²) >= 11 is 0. The molecule has 0 spiro atoms. The summed E-state index contributed by atoms with van der Waals surface area (Å²) in [7, 11) is 0. The van der Waals surface area contributed by atoms with Crippen LogP contribution < -0.4 is 0 Å². The van der Waals surface area contributed by atoms with Gasteiger partial charge >= 0.3 is 0 Å². The Morgan fingerprint density at radius 3 is 2.67 bits per heavy atom. The van der Waals surface area contributed by atoms with Gasteiger partial charge in [-0.25, -0.2) is 9.37 Å². The number of allylic oxidation sites excluding steroid dienone is 1. The standard InChI is InChI=1S/C17H11FN2O/c18-14-3-1-2-13-5-6-15(20-17(13)14)16(21)7-4-12-8-10-19-11-9-12/h1-11H. The first-order valence-electron chi connectivity index (χ1n) is 6.42. The molecule has 0 aliphatic rings. The number of aromatic nitrogens is 2. The highest BCUT2D eigenvalue weighted by atomic mass is 19.1. The Morgan fingerprint density at radius 2 is 1.86 bits per heavy atom. The van der Waals surface area contributed by atoms with E-state index < -0.39 is 5.82 Å². The number of hydrogen-bond acceptors (Lipinski definition) is 3. The topological polar surface area (TPSA) is 42.9 Å². The molecule has 2 aromatic heterocycles. The third-order valence-electron chi connectivity index (χ3n) is 3.06. The van der Waals surface area contributed by atoms with Crippen molar-refractivity contribution in [2.45, 2.75) is 0 Å². The van der Waals surface area contributed by atoms with Crippen LogP contribution in [0.25, 0.3) is 17.0 Å². The highest BCUT2D eigenvalue weighted by molar-refractivity contribution is 6.06. The third kappa shape index (κ3) is 2.84. The second-order valence-electron chi connectivity index (χ2n) is 4.49. The fourth-order valence-corrected chi connectivity index (χ4v) is 1.98. The van der Waals surface area contributed by atoms with Crippen LogP contribution >= 0.6 is 0 Å². The van der Waals surface area contributed by atoms with Crippen molar-refractivity contribution in [1.82, 2.24) is 9.97 Å². The highest BCUT2D eigenvalue weighted by Crippen LogP contribution is 2.16. The smallest absolute Gasteiger partial charge is 0.204 e. The molecule has 2 heterocycles. The number of fused-ring (bicyclic) bond motifs is 1. The van der Waals surface area contributed by atoms with Gasteiger partial charge in [0.15, 0.2) is 0 Å². The molecule has 3 aromatic rings. The van der Waals surface area contributed by atoms with Crippen molar-refractivity contribution in [3.8, 4) is 0 Å². The van der Waals surface area contributed by atoms with E-state index in [2.05, 4.69) is 9.97 Å². The van der Waals surface area contributed by atoms with Crippen LogP contribution in [-0.2, 0) is 0 Å². The number of para-hydroxylation sites is 1. The van der Waals surface area contributed by atoms with E-state index in [1.165, 1.54) is 12.1 Å². The Morgan fingerprint density at radius 1 is 1.05 bits per heavy atom. The number of carbonyl (C=O) groups excluding carboxylic acids is 1. The van der Waals surface area contributed by atoms with Crippen molar-refractivity contribution < 1.29 is 9.18 Å². The number of pyridine rings is 2. The third-order valence-corrected chi connectivity index (χ3v) is 3.06. The molecule has 0 saturated carbocycles. The Hall–Kier alpha value is -2.88. The fraction of sp³-hybridized carbons (Fsp3) is 0. The first kappa shape index (κ1) is 13.1. The van der Waals surface area contributed by atoms with Crippen molar-refractivity contribution in [2.24, 2.45) is 0 Å². The number of rotatable bonds is 3. The molecule has 0 aliphatic heterocycles. The van der Waals surface area contributed by atoms with E-state index >= 15 is 0 Å². The van der Waals surface area contributed by atoms with Gasteiger partial charge in [-0.15, -0.1) is 0 Å². The highest BCUT2D eigenvalue weighted by Gasteiger charge is 2.07. The molecule has 0 amide bonds. The van der Waals surface area contributed by atoms with E-state index in [1.54, 1.807) is 54.9 Å². The molecular formula is C17H11FN2O. The van der Waals surface area contributed by atoms with Gasteiger partial charge < -0.3 is 0 Å². The lowest BCUT2D eigenvalue weighted by Gasteiger charge is -2.01. The van der Waals surface area contributed by atoms with Crippen molar-refractivity contribution in [1.29, 1.82) is 0 Å². The van der Waals surface area contributed by atoms with Crippen LogP contribution in [0.1, 0.15) is 16.1 Å². The van der Waals surface area contributed by atoms with Crippen molar-refractivity contribution >= 4 is 22.8 Å². The van der Waals surface area contributed by atoms with Gasteiger partial charge in [0.2, 0.25) is 5.78 Å². The summed E-state index contributed by atoms with van der Waals surface area (Å²) in [6.07, 6.45) is 6.39. The molecule has 3 rings (SSSR count). The molecular weight excluding hydrogens is 267 g/mol. The lowest BCUT2D eigenvalue weighted by molar-refractivity contribution is 0.104. The molecule has 0 fully saturated rings.